The molecular weight excluding hydrogens is 412 g/mol. The van der Waals surface area contributed by atoms with Gasteiger partial charge < -0.3 is 10.2 Å². The summed E-state index contributed by atoms with van der Waals surface area (Å²) in [4.78, 5) is 36.1. The van der Waals surface area contributed by atoms with Crippen LogP contribution >= 0.6 is 0 Å². The summed E-state index contributed by atoms with van der Waals surface area (Å²) >= 11 is 0. The van der Waals surface area contributed by atoms with Crippen LogP contribution in [0.2, 0.25) is 0 Å². The van der Waals surface area contributed by atoms with E-state index in [0.29, 0.717) is 12.0 Å². The number of hydrogen-bond donors (Lipinski definition) is 1. The summed E-state index contributed by atoms with van der Waals surface area (Å²) in [5.74, 6) is -0.116. The van der Waals surface area contributed by atoms with E-state index in [1.807, 2.05) is 49.4 Å². The minimum absolute atomic E-state index is 0.116. The number of fused-ring (bicyclic) bond motifs is 1. The van der Waals surface area contributed by atoms with E-state index in [2.05, 4.69) is 5.32 Å². The molecule has 0 spiro atoms. The number of non-ortho nitro benzene ring substituents is 2. The van der Waals surface area contributed by atoms with E-state index in [4.69, 9.17) is 0 Å². The molecular formula is C23H20N4O5. The largest absolute Gasteiger partial charge is 0.378 e. The molecule has 2 atom stereocenters. The molecule has 0 fully saturated rings. The Bertz CT molecular complexity index is 1170. The van der Waals surface area contributed by atoms with Crippen LogP contribution in [0.3, 0.4) is 0 Å². The number of benzene rings is 3. The molecule has 1 heterocycles. The summed E-state index contributed by atoms with van der Waals surface area (Å²) in [6.07, 6.45) is 0.520. The maximum Gasteiger partial charge on any atom is 0.278 e. The molecule has 32 heavy (non-hydrogen) atoms. The SMILES string of the molecule is CC1CC(Nc2cc([N+](=O)[O-])cc([N+](=O)[O-])c2)c2ccccc2N1C(=O)c1ccccc1. The molecule has 9 heteroatoms. The quantitative estimate of drug-likeness (QED) is 0.443. The van der Waals surface area contributed by atoms with Crippen molar-refractivity contribution in [2.45, 2.75) is 25.4 Å². The molecule has 0 radical (unpaired) electrons. The number of nitro benzene ring substituents is 2. The van der Waals surface area contributed by atoms with Crippen LogP contribution in [0.5, 0.6) is 0 Å². The molecule has 3 aromatic rings. The van der Waals surface area contributed by atoms with Crippen LogP contribution < -0.4 is 10.2 Å². The zero-order valence-corrected chi connectivity index (χ0v) is 17.2. The van der Waals surface area contributed by atoms with Crippen LogP contribution in [0.1, 0.15) is 35.3 Å². The third-order valence-electron chi connectivity index (χ3n) is 5.49. The molecule has 3 aromatic carbocycles. The third-order valence-corrected chi connectivity index (χ3v) is 5.49. The van der Waals surface area contributed by atoms with E-state index in [1.54, 1.807) is 17.0 Å². The van der Waals surface area contributed by atoms with Gasteiger partial charge in [-0.25, -0.2) is 0 Å². The van der Waals surface area contributed by atoms with Crippen molar-refractivity contribution in [1.29, 1.82) is 0 Å². The minimum Gasteiger partial charge on any atom is -0.378 e. The first kappa shape index (κ1) is 21.0. The van der Waals surface area contributed by atoms with Gasteiger partial charge in [0.2, 0.25) is 0 Å². The normalized spacial score (nSPS) is 17.3. The average molecular weight is 432 g/mol. The first-order valence-electron chi connectivity index (χ1n) is 10.0. The summed E-state index contributed by atoms with van der Waals surface area (Å²) in [6, 6.07) is 19.5. The lowest BCUT2D eigenvalue weighted by Gasteiger charge is -2.40. The van der Waals surface area contributed by atoms with Gasteiger partial charge in [-0.1, -0.05) is 36.4 Å². The van der Waals surface area contributed by atoms with Gasteiger partial charge in [0.1, 0.15) is 0 Å². The van der Waals surface area contributed by atoms with Crippen LogP contribution in [-0.2, 0) is 0 Å². The molecule has 0 saturated heterocycles. The van der Waals surface area contributed by atoms with E-state index in [9.17, 15) is 25.0 Å². The highest BCUT2D eigenvalue weighted by Crippen LogP contribution is 2.40. The number of carbonyl (C=O) groups is 1. The van der Waals surface area contributed by atoms with Crippen molar-refractivity contribution < 1.29 is 14.6 Å². The van der Waals surface area contributed by atoms with Gasteiger partial charge >= 0.3 is 0 Å². The van der Waals surface area contributed by atoms with Gasteiger partial charge in [-0.2, -0.15) is 0 Å². The van der Waals surface area contributed by atoms with Crippen molar-refractivity contribution in [2.75, 3.05) is 10.2 Å². The number of nitrogens with zero attached hydrogens (tertiary/aromatic N) is 3. The lowest BCUT2D eigenvalue weighted by molar-refractivity contribution is -0.394. The van der Waals surface area contributed by atoms with Crippen molar-refractivity contribution in [3.8, 4) is 0 Å². The highest BCUT2D eigenvalue weighted by molar-refractivity contribution is 6.07. The zero-order chi connectivity index (χ0) is 22.8. The number of anilines is 2. The van der Waals surface area contributed by atoms with Gasteiger partial charge in [-0.15, -0.1) is 0 Å². The molecule has 162 valence electrons. The number of amides is 1. The van der Waals surface area contributed by atoms with Gasteiger partial charge in [-0.05, 0) is 37.1 Å². The molecule has 0 aromatic heterocycles. The second kappa shape index (κ2) is 8.46. The number of carbonyl (C=O) groups excluding carboxylic acids is 1. The van der Waals surface area contributed by atoms with Crippen molar-refractivity contribution >= 4 is 28.7 Å². The van der Waals surface area contributed by atoms with E-state index in [0.717, 1.165) is 17.3 Å². The van der Waals surface area contributed by atoms with Crippen LogP contribution in [0.25, 0.3) is 0 Å². The predicted molar refractivity (Wildman–Crippen MR) is 120 cm³/mol. The summed E-state index contributed by atoms with van der Waals surface area (Å²) < 4.78 is 0. The molecule has 0 bridgehead atoms. The van der Waals surface area contributed by atoms with E-state index in [-0.39, 0.29) is 35.1 Å². The topological polar surface area (TPSA) is 119 Å². The molecule has 1 aliphatic heterocycles. The van der Waals surface area contributed by atoms with Crippen LogP contribution in [0.15, 0.2) is 72.8 Å². The Morgan fingerprint density at radius 2 is 1.53 bits per heavy atom. The number of hydrogen-bond acceptors (Lipinski definition) is 6. The zero-order valence-electron chi connectivity index (χ0n) is 17.2. The highest BCUT2D eigenvalue weighted by Gasteiger charge is 2.34. The van der Waals surface area contributed by atoms with Gasteiger partial charge in [-0.3, -0.25) is 25.0 Å². The Morgan fingerprint density at radius 3 is 2.16 bits per heavy atom. The Kier molecular flexibility index (Phi) is 5.55. The number of nitro groups is 2. The van der Waals surface area contributed by atoms with Gasteiger partial charge in [0, 0.05) is 35.1 Å². The van der Waals surface area contributed by atoms with E-state index < -0.39 is 9.85 Å². The Morgan fingerprint density at radius 1 is 0.938 bits per heavy atom. The van der Waals surface area contributed by atoms with Crippen LogP contribution in [-0.4, -0.2) is 21.8 Å². The van der Waals surface area contributed by atoms with Crippen LogP contribution in [0, 0.1) is 20.2 Å². The predicted octanol–water partition coefficient (Wildman–Crippen LogP) is 5.10. The summed E-state index contributed by atoms with van der Waals surface area (Å²) in [6.45, 7) is 1.93. The number of nitrogens with one attached hydrogen (secondary N) is 1. The maximum absolute atomic E-state index is 13.2. The summed E-state index contributed by atoms with van der Waals surface area (Å²) in [5.41, 5.74) is 1.71. The molecule has 0 aliphatic carbocycles. The first-order chi connectivity index (χ1) is 15.3. The van der Waals surface area contributed by atoms with Gasteiger partial charge in [0.25, 0.3) is 17.3 Å². The number of rotatable bonds is 5. The van der Waals surface area contributed by atoms with Crippen molar-refractivity contribution in [3.05, 3.63) is 104 Å². The minimum atomic E-state index is -0.657. The van der Waals surface area contributed by atoms with E-state index in [1.165, 1.54) is 12.1 Å². The fourth-order valence-corrected chi connectivity index (χ4v) is 4.07. The standard InChI is InChI=1S/C23H20N4O5/c1-15-11-21(24-17-12-18(26(29)30)14-19(13-17)27(31)32)20-9-5-6-10-22(20)25(15)23(28)16-7-3-2-4-8-16/h2-10,12-15,21,24H,11H2,1H3. The average Bonchev–Trinajstić information content (AvgIpc) is 2.79. The number of para-hydroxylation sites is 1. The molecule has 1 amide bonds. The molecule has 2 unspecified atom stereocenters. The smallest absolute Gasteiger partial charge is 0.278 e. The van der Waals surface area contributed by atoms with Crippen molar-refractivity contribution in [2.24, 2.45) is 0 Å². The third kappa shape index (κ3) is 4.00. The summed E-state index contributed by atoms with van der Waals surface area (Å²) in [5, 5.41) is 25.7. The Labute approximate surface area is 183 Å². The molecule has 0 saturated carbocycles. The summed E-state index contributed by atoms with van der Waals surface area (Å²) in [7, 11) is 0. The highest BCUT2D eigenvalue weighted by atomic mass is 16.6. The lowest BCUT2D eigenvalue weighted by atomic mass is 9.90. The molecule has 4 rings (SSSR count). The van der Waals surface area contributed by atoms with Gasteiger partial charge in [0.05, 0.1) is 22.0 Å². The first-order valence-corrected chi connectivity index (χ1v) is 10.0. The fourth-order valence-electron chi connectivity index (χ4n) is 4.07. The Hall–Kier alpha value is -4.27. The van der Waals surface area contributed by atoms with E-state index >= 15 is 0 Å². The lowest BCUT2D eigenvalue weighted by Crippen LogP contribution is -2.44. The molecule has 1 N–H and O–H groups in total. The fraction of sp³-hybridized carbons (Fsp3) is 0.174. The Balaban J connectivity index is 1.70. The van der Waals surface area contributed by atoms with Crippen molar-refractivity contribution in [3.63, 3.8) is 0 Å². The van der Waals surface area contributed by atoms with Gasteiger partial charge in [0.15, 0.2) is 0 Å². The second-order valence-corrected chi connectivity index (χ2v) is 7.63. The van der Waals surface area contributed by atoms with Crippen LogP contribution in [0.4, 0.5) is 22.7 Å². The second-order valence-electron chi connectivity index (χ2n) is 7.63. The van der Waals surface area contributed by atoms with Crippen molar-refractivity contribution in [1.82, 2.24) is 0 Å². The monoisotopic (exact) mass is 432 g/mol. The molecule has 9 nitrogen and oxygen atoms in total. The molecule has 1 aliphatic rings. The maximum atomic E-state index is 13.2.